The molecular weight excluding hydrogens is 190 g/mol. The molecule has 0 aliphatic heterocycles. The van der Waals surface area contributed by atoms with E-state index in [0.717, 1.165) is 5.57 Å². The van der Waals surface area contributed by atoms with Crippen LogP contribution in [0.3, 0.4) is 0 Å². The molecule has 4 nitrogen and oxygen atoms in total. The zero-order chi connectivity index (χ0) is 11.4. The van der Waals surface area contributed by atoms with Gasteiger partial charge in [0.1, 0.15) is 11.6 Å². The summed E-state index contributed by atoms with van der Waals surface area (Å²) in [6.45, 7) is 10.3. The molecule has 0 bridgehead atoms. The number of rotatable bonds is 4. The van der Waals surface area contributed by atoms with Crippen molar-refractivity contribution < 1.29 is 0 Å². The van der Waals surface area contributed by atoms with Crippen molar-refractivity contribution in [1.29, 1.82) is 0 Å². The number of aromatic nitrogens is 2. The summed E-state index contributed by atoms with van der Waals surface area (Å²) >= 11 is 0. The predicted molar refractivity (Wildman–Crippen MR) is 62.3 cm³/mol. The molecule has 0 saturated heterocycles. The lowest BCUT2D eigenvalue weighted by Crippen LogP contribution is -2.15. The van der Waals surface area contributed by atoms with E-state index in [1.807, 2.05) is 20.8 Å². The first-order chi connectivity index (χ1) is 6.99. The number of hydrogen-bond acceptors (Lipinski definition) is 3. The van der Waals surface area contributed by atoms with Crippen LogP contribution < -0.4 is 10.9 Å². The fourth-order valence-corrected chi connectivity index (χ4v) is 1.08. The van der Waals surface area contributed by atoms with Crippen LogP contribution in [-0.4, -0.2) is 16.5 Å². The van der Waals surface area contributed by atoms with Crippen LogP contribution >= 0.6 is 0 Å². The van der Waals surface area contributed by atoms with Crippen molar-refractivity contribution in [2.24, 2.45) is 0 Å². The summed E-state index contributed by atoms with van der Waals surface area (Å²) in [5, 5.41) is 3.05. The van der Waals surface area contributed by atoms with E-state index in [1.165, 1.54) is 6.07 Å². The van der Waals surface area contributed by atoms with Crippen molar-refractivity contribution in [2.75, 3.05) is 11.9 Å². The monoisotopic (exact) mass is 207 g/mol. The SMILES string of the molecule is C=C(C)CNc1cc(=O)[nH]c(C(C)C)n1. The fraction of sp³-hybridized carbons (Fsp3) is 0.455. The summed E-state index contributed by atoms with van der Waals surface area (Å²) in [5.41, 5.74) is 0.876. The van der Waals surface area contributed by atoms with Crippen molar-refractivity contribution >= 4 is 5.82 Å². The molecule has 0 unspecified atom stereocenters. The average Bonchev–Trinajstić information content (AvgIpc) is 2.13. The van der Waals surface area contributed by atoms with Crippen LogP contribution in [-0.2, 0) is 0 Å². The molecule has 1 heterocycles. The lowest BCUT2D eigenvalue weighted by Gasteiger charge is -2.08. The minimum atomic E-state index is -0.127. The Hall–Kier alpha value is -1.58. The van der Waals surface area contributed by atoms with E-state index in [4.69, 9.17) is 0 Å². The van der Waals surface area contributed by atoms with Crippen LogP contribution in [0.2, 0.25) is 0 Å². The minimum absolute atomic E-state index is 0.127. The third kappa shape index (κ3) is 3.58. The van der Waals surface area contributed by atoms with Crippen molar-refractivity contribution in [2.45, 2.75) is 26.7 Å². The van der Waals surface area contributed by atoms with Crippen LogP contribution in [0.4, 0.5) is 5.82 Å². The van der Waals surface area contributed by atoms with Crippen LogP contribution in [0.15, 0.2) is 23.0 Å². The lowest BCUT2D eigenvalue weighted by molar-refractivity contribution is 0.767. The maximum absolute atomic E-state index is 11.3. The Morgan fingerprint density at radius 2 is 2.33 bits per heavy atom. The Bertz CT molecular complexity index is 407. The summed E-state index contributed by atoms with van der Waals surface area (Å²) < 4.78 is 0. The van der Waals surface area contributed by atoms with E-state index in [0.29, 0.717) is 18.2 Å². The quantitative estimate of drug-likeness (QED) is 0.741. The minimum Gasteiger partial charge on any atom is -0.366 e. The third-order valence-electron chi connectivity index (χ3n) is 1.88. The Morgan fingerprint density at radius 1 is 1.67 bits per heavy atom. The molecule has 0 aromatic carbocycles. The molecule has 2 N–H and O–H groups in total. The molecule has 0 amide bonds. The van der Waals surface area contributed by atoms with E-state index < -0.39 is 0 Å². The Kier molecular flexibility index (Phi) is 3.66. The first-order valence-electron chi connectivity index (χ1n) is 4.98. The summed E-state index contributed by atoms with van der Waals surface area (Å²) in [7, 11) is 0. The smallest absolute Gasteiger partial charge is 0.252 e. The number of aromatic amines is 1. The highest BCUT2D eigenvalue weighted by molar-refractivity contribution is 5.34. The normalized spacial score (nSPS) is 10.4. The van der Waals surface area contributed by atoms with Gasteiger partial charge >= 0.3 is 0 Å². The van der Waals surface area contributed by atoms with E-state index in [-0.39, 0.29) is 11.5 Å². The third-order valence-corrected chi connectivity index (χ3v) is 1.88. The highest BCUT2D eigenvalue weighted by Gasteiger charge is 2.04. The number of H-pyrrole nitrogens is 1. The molecule has 1 aromatic heterocycles. The zero-order valence-corrected chi connectivity index (χ0v) is 9.42. The Balaban J connectivity index is 2.89. The molecule has 0 aliphatic carbocycles. The summed E-state index contributed by atoms with van der Waals surface area (Å²) in [6.07, 6.45) is 0. The summed E-state index contributed by atoms with van der Waals surface area (Å²) in [6, 6.07) is 1.45. The zero-order valence-electron chi connectivity index (χ0n) is 9.42. The van der Waals surface area contributed by atoms with Gasteiger partial charge in [-0.15, -0.1) is 0 Å². The standard InChI is InChI=1S/C11H17N3O/c1-7(2)6-12-9-5-10(15)14-11(13-9)8(3)4/h5,8H,1,6H2,2-4H3,(H2,12,13,14,15). The van der Waals surface area contributed by atoms with Crippen LogP contribution in [0.1, 0.15) is 32.5 Å². The van der Waals surface area contributed by atoms with E-state index in [9.17, 15) is 4.79 Å². The number of anilines is 1. The van der Waals surface area contributed by atoms with Crippen molar-refractivity contribution in [3.8, 4) is 0 Å². The molecule has 82 valence electrons. The van der Waals surface area contributed by atoms with Gasteiger partial charge in [-0.05, 0) is 6.92 Å². The second-order valence-corrected chi connectivity index (χ2v) is 3.98. The van der Waals surface area contributed by atoms with Gasteiger partial charge < -0.3 is 10.3 Å². The molecule has 0 spiro atoms. The average molecular weight is 207 g/mol. The largest absolute Gasteiger partial charge is 0.366 e. The maximum Gasteiger partial charge on any atom is 0.252 e. The number of hydrogen-bond donors (Lipinski definition) is 2. The van der Waals surface area contributed by atoms with Crippen LogP contribution in [0, 0.1) is 0 Å². The summed E-state index contributed by atoms with van der Waals surface area (Å²) in [4.78, 5) is 18.3. The second kappa shape index (κ2) is 4.77. The predicted octanol–water partition coefficient (Wildman–Crippen LogP) is 1.88. The first kappa shape index (κ1) is 11.5. The molecule has 0 saturated carbocycles. The maximum atomic E-state index is 11.3. The van der Waals surface area contributed by atoms with Gasteiger partial charge in [-0.25, -0.2) is 4.98 Å². The lowest BCUT2D eigenvalue weighted by atomic mass is 10.2. The highest BCUT2D eigenvalue weighted by atomic mass is 16.1. The molecule has 0 radical (unpaired) electrons. The van der Waals surface area contributed by atoms with Gasteiger partial charge in [0.15, 0.2) is 0 Å². The Morgan fingerprint density at radius 3 is 2.87 bits per heavy atom. The number of nitrogens with one attached hydrogen (secondary N) is 2. The molecule has 1 aromatic rings. The van der Waals surface area contributed by atoms with Crippen molar-refractivity contribution in [1.82, 2.24) is 9.97 Å². The summed E-state index contributed by atoms with van der Waals surface area (Å²) in [5.74, 6) is 1.52. The molecule has 0 atom stereocenters. The molecular formula is C11H17N3O. The Labute approximate surface area is 89.4 Å². The fourth-order valence-electron chi connectivity index (χ4n) is 1.08. The van der Waals surface area contributed by atoms with Gasteiger partial charge in [0.2, 0.25) is 0 Å². The van der Waals surface area contributed by atoms with E-state index in [1.54, 1.807) is 0 Å². The van der Waals surface area contributed by atoms with Gasteiger partial charge in [-0.2, -0.15) is 0 Å². The highest BCUT2D eigenvalue weighted by Crippen LogP contribution is 2.09. The van der Waals surface area contributed by atoms with Crippen LogP contribution in [0.5, 0.6) is 0 Å². The van der Waals surface area contributed by atoms with Gasteiger partial charge in [-0.3, -0.25) is 4.79 Å². The van der Waals surface area contributed by atoms with Crippen LogP contribution in [0.25, 0.3) is 0 Å². The molecule has 0 aliphatic rings. The second-order valence-electron chi connectivity index (χ2n) is 3.98. The van der Waals surface area contributed by atoms with Gasteiger partial charge in [0, 0.05) is 18.5 Å². The van der Waals surface area contributed by atoms with Gasteiger partial charge in [0.25, 0.3) is 5.56 Å². The van der Waals surface area contributed by atoms with Crippen molar-refractivity contribution in [3.63, 3.8) is 0 Å². The topological polar surface area (TPSA) is 57.8 Å². The van der Waals surface area contributed by atoms with Gasteiger partial charge in [0.05, 0.1) is 0 Å². The molecule has 1 rings (SSSR count). The van der Waals surface area contributed by atoms with Gasteiger partial charge in [-0.1, -0.05) is 26.0 Å². The van der Waals surface area contributed by atoms with Crippen molar-refractivity contribution in [3.05, 3.63) is 34.4 Å². The molecule has 15 heavy (non-hydrogen) atoms. The molecule has 4 heteroatoms. The number of nitrogens with zero attached hydrogens (tertiary/aromatic N) is 1. The van der Waals surface area contributed by atoms with E-state index in [2.05, 4.69) is 21.9 Å². The molecule has 0 fully saturated rings. The van der Waals surface area contributed by atoms with E-state index >= 15 is 0 Å². The first-order valence-corrected chi connectivity index (χ1v) is 4.98.